The van der Waals surface area contributed by atoms with E-state index in [1.165, 1.54) is 0 Å². The number of nitrogens with zero attached hydrogens (tertiary/aromatic N) is 1. The van der Waals surface area contributed by atoms with Gasteiger partial charge in [0.1, 0.15) is 0 Å². The first-order valence-electron chi connectivity index (χ1n) is 5.47. The molecular formula is C12H15F3N2O2. The largest absolute Gasteiger partial charge is 0.440 e. The third kappa shape index (κ3) is 5.07. The number of ether oxygens (including phenoxy) is 1. The van der Waals surface area contributed by atoms with Crippen LogP contribution in [-0.2, 0) is 4.74 Å². The topological polar surface area (TPSA) is 41.6 Å². The smallest absolute Gasteiger partial charge is 0.422 e. The highest BCUT2D eigenvalue weighted by Gasteiger charge is 2.29. The minimum atomic E-state index is -4.53. The lowest BCUT2D eigenvalue weighted by atomic mass is 10.1. The van der Waals surface area contributed by atoms with E-state index < -0.39 is 18.9 Å². The molecule has 0 radical (unpaired) electrons. The summed E-state index contributed by atoms with van der Waals surface area (Å²) in [6.45, 7) is 0.139. The minimum Gasteiger partial charge on any atom is -0.440 e. The Morgan fingerprint density at radius 1 is 1.37 bits per heavy atom. The summed E-state index contributed by atoms with van der Waals surface area (Å²) in [7, 11) is 3.72. The summed E-state index contributed by atoms with van der Waals surface area (Å²) < 4.78 is 39.7. The summed E-state index contributed by atoms with van der Waals surface area (Å²) in [5.41, 5.74) is 2.07. The molecule has 0 aliphatic heterocycles. The number of halogens is 3. The minimum absolute atomic E-state index is 0.415. The van der Waals surface area contributed by atoms with Crippen LogP contribution in [-0.4, -0.2) is 33.0 Å². The van der Waals surface area contributed by atoms with E-state index in [4.69, 9.17) is 0 Å². The predicted molar refractivity (Wildman–Crippen MR) is 66.5 cm³/mol. The molecule has 1 aromatic carbocycles. The zero-order chi connectivity index (χ0) is 14.6. The van der Waals surface area contributed by atoms with Gasteiger partial charge in [0.2, 0.25) is 0 Å². The molecule has 0 saturated carbocycles. The normalized spacial score (nSPS) is 11.1. The fraction of sp³-hybridized carbons (Fsp3) is 0.417. The first-order valence-corrected chi connectivity index (χ1v) is 5.47. The molecule has 106 valence electrons. The molecule has 0 heterocycles. The lowest BCUT2D eigenvalue weighted by Gasteiger charge is -2.15. The molecule has 1 aromatic rings. The monoisotopic (exact) mass is 276 g/mol. The maximum Gasteiger partial charge on any atom is 0.422 e. The summed E-state index contributed by atoms with van der Waals surface area (Å²) in [5, 5.41) is 2.27. The van der Waals surface area contributed by atoms with Crippen molar-refractivity contribution in [3.63, 3.8) is 0 Å². The Balaban J connectivity index is 2.65. The van der Waals surface area contributed by atoms with Gasteiger partial charge < -0.3 is 9.64 Å². The average Bonchev–Trinajstić information content (AvgIpc) is 2.28. The zero-order valence-corrected chi connectivity index (χ0v) is 10.8. The third-order valence-corrected chi connectivity index (χ3v) is 2.33. The number of amides is 1. The zero-order valence-electron chi connectivity index (χ0n) is 10.8. The number of benzene rings is 1. The van der Waals surface area contributed by atoms with E-state index in [-0.39, 0.29) is 0 Å². The fourth-order valence-electron chi connectivity index (χ4n) is 1.36. The summed E-state index contributed by atoms with van der Waals surface area (Å²) in [5.74, 6) is 0. The molecule has 0 saturated heterocycles. The van der Waals surface area contributed by atoms with Gasteiger partial charge in [-0.2, -0.15) is 13.2 Å². The molecular weight excluding hydrogens is 261 g/mol. The van der Waals surface area contributed by atoms with Crippen LogP contribution in [0.1, 0.15) is 5.56 Å². The van der Waals surface area contributed by atoms with Crippen LogP contribution in [0.2, 0.25) is 0 Å². The average molecular weight is 276 g/mol. The molecule has 1 rings (SSSR count). The first-order chi connectivity index (χ1) is 8.69. The standard InChI is InChI=1S/C12H15F3N2O2/c1-8-6-9(17(2)3)4-5-10(8)16-11(18)19-7-12(13,14)15/h4-6H,7H2,1-3H3,(H,16,18). The Labute approximate surface area is 109 Å². The number of carbonyl (C=O) groups is 1. The number of carbonyl (C=O) groups excluding carboxylic acids is 1. The van der Waals surface area contributed by atoms with Gasteiger partial charge in [-0.3, -0.25) is 5.32 Å². The van der Waals surface area contributed by atoms with Gasteiger partial charge in [0.15, 0.2) is 6.61 Å². The number of aryl methyl sites for hydroxylation is 1. The number of anilines is 2. The van der Waals surface area contributed by atoms with E-state index >= 15 is 0 Å². The van der Waals surface area contributed by atoms with Crippen molar-refractivity contribution in [3.8, 4) is 0 Å². The van der Waals surface area contributed by atoms with E-state index in [9.17, 15) is 18.0 Å². The highest BCUT2D eigenvalue weighted by Crippen LogP contribution is 2.22. The molecule has 1 amide bonds. The highest BCUT2D eigenvalue weighted by atomic mass is 19.4. The molecule has 0 atom stereocenters. The van der Waals surface area contributed by atoms with E-state index in [1.807, 2.05) is 19.0 Å². The quantitative estimate of drug-likeness (QED) is 0.922. The Morgan fingerprint density at radius 3 is 2.47 bits per heavy atom. The van der Waals surface area contributed by atoms with Crippen LogP contribution < -0.4 is 10.2 Å². The highest BCUT2D eigenvalue weighted by molar-refractivity contribution is 5.86. The van der Waals surface area contributed by atoms with Gasteiger partial charge in [-0.05, 0) is 30.7 Å². The Bertz CT molecular complexity index is 459. The van der Waals surface area contributed by atoms with Crippen LogP contribution in [0.5, 0.6) is 0 Å². The molecule has 0 unspecified atom stereocenters. The third-order valence-electron chi connectivity index (χ3n) is 2.33. The van der Waals surface area contributed by atoms with Crippen LogP contribution in [0.15, 0.2) is 18.2 Å². The Morgan fingerprint density at radius 2 is 2.00 bits per heavy atom. The summed E-state index contributed by atoms with van der Waals surface area (Å²) in [6, 6.07) is 5.16. The molecule has 4 nitrogen and oxygen atoms in total. The van der Waals surface area contributed by atoms with Gasteiger partial charge in [0.25, 0.3) is 0 Å². The molecule has 7 heteroatoms. The summed E-state index contributed by atoms with van der Waals surface area (Å²) >= 11 is 0. The number of hydrogen-bond acceptors (Lipinski definition) is 3. The van der Waals surface area contributed by atoms with E-state index in [0.717, 1.165) is 11.3 Å². The molecule has 1 N–H and O–H groups in total. The van der Waals surface area contributed by atoms with Crippen molar-refractivity contribution >= 4 is 17.5 Å². The van der Waals surface area contributed by atoms with E-state index in [0.29, 0.717) is 5.69 Å². The van der Waals surface area contributed by atoms with Crippen LogP contribution in [0.4, 0.5) is 29.3 Å². The van der Waals surface area contributed by atoms with Crippen LogP contribution >= 0.6 is 0 Å². The Kier molecular flexibility index (Phi) is 4.63. The van der Waals surface area contributed by atoms with Crippen molar-refractivity contribution < 1.29 is 22.7 Å². The molecule has 0 bridgehead atoms. The van der Waals surface area contributed by atoms with Gasteiger partial charge in [-0.15, -0.1) is 0 Å². The second kappa shape index (κ2) is 5.81. The lowest BCUT2D eigenvalue weighted by Crippen LogP contribution is -2.23. The maximum absolute atomic E-state index is 11.9. The van der Waals surface area contributed by atoms with Gasteiger partial charge in [0.05, 0.1) is 0 Å². The molecule has 0 aliphatic rings. The van der Waals surface area contributed by atoms with Crippen molar-refractivity contribution in [2.24, 2.45) is 0 Å². The predicted octanol–water partition coefficient (Wildman–Crippen LogP) is 3.17. The molecule has 19 heavy (non-hydrogen) atoms. The van der Waals surface area contributed by atoms with Gasteiger partial charge >= 0.3 is 12.3 Å². The molecule has 0 spiro atoms. The van der Waals surface area contributed by atoms with Gasteiger partial charge in [0, 0.05) is 25.5 Å². The van der Waals surface area contributed by atoms with Crippen molar-refractivity contribution in [2.75, 3.05) is 30.9 Å². The second-order valence-corrected chi connectivity index (χ2v) is 4.21. The van der Waals surface area contributed by atoms with Crippen molar-refractivity contribution in [1.29, 1.82) is 0 Å². The maximum atomic E-state index is 11.9. The number of alkyl halides is 3. The van der Waals surface area contributed by atoms with Crippen LogP contribution in [0.3, 0.4) is 0 Å². The van der Waals surface area contributed by atoms with Crippen LogP contribution in [0, 0.1) is 6.92 Å². The fourth-order valence-corrected chi connectivity index (χ4v) is 1.36. The molecule has 0 aliphatic carbocycles. The van der Waals surface area contributed by atoms with Gasteiger partial charge in [-0.25, -0.2) is 4.79 Å². The first kappa shape index (κ1) is 15.1. The SMILES string of the molecule is Cc1cc(N(C)C)ccc1NC(=O)OCC(F)(F)F. The van der Waals surface area contributed by atoms with Crippen LogP contribution in [0.25, 0.3) is 0 Å². The van der Waals surface area contributed by atoms with Crippen molar-refractivity contribution in [2.45, 2.75) is 13.1 Å². The Hall–Kier alpha value is -1.92. The van der Waals surface area contributed by atoms with E-state index in [2.05, 4.69) is 10.1 Å². The number of nitrogens with one attached hydrogen (secondary N) is 1. The molecule has 0 fully saturated rings. The second-order valence-electron chi connectivity index (χ2n) is 4.21. The number of rotatable bonds is 3. The summed E-state index contributed by atoms with van der Waals surface area (Å²) in [4.78, 5) is 13.1. The van der Waals surface area contributed by atoms with E-state index in [1.54, 1.807) is 25.1 Å². The van der Waals surface area contributed by atoms with Crippen molar-refractivity contribution in [3.05, 3.63) is 23.8 Å². The lowest BCUT2D eigenvalue weighted by molar-refractivity contribution is -0.159. The van der Waals surface area contributed by atoms with Crippen molar-refractivity contribution in [1.82, 2.24) is 0 Å². The molecule has 0 aromatic heterocycles. The summed E-state index contributed by atoms with van der Waals surface area (Å²) in [6.07, 6.45) is -5.65. The van der Waals surface area contributed by atoms with Gasteiger partial charge in [-0.1, -0.05) is 0 Å². The number of hydrogen-bond donors (Lipinski definition) is 1.